The zero-order valence-electron chi connectivity index (χ0n) is 16.2. The van der Waals surface area contributed by atoms with E-state index in [0.29, 0.717) is 29.5 Å². The first-order valence-electron chi connectivity index (χ1n) is 9.45. The Morgan fingerprint density at radius 1 is 1.41 bits per heavy atom. The molecule has 1 aromatic carbocycles. The molecule has 0 radical (unpaired) electrons. The molecule has 0 atom stereocenters. The number of nitrogen functional groups attached to an aromatic ring is 1. The van der Waals surface area contributed by atoms with E-state index in [1.165, 1.54) is 0 Å². The highest BCUT2D eigenvalue weighted by atomic mass is 19.3. The molecule has 1 saturated heterocycles. The monoisotopic (exact) mass is 407 g/mol. The minimum atomic E-state index is -2.69. The molecule has 2 aromatic rings. The molecule has 2 fully saturated rings. The van der Waals surface area contributed by atoms with Crippen molar-refractivity contribution in [1.82, 2.24) is 15.5 Å². The van der Waals surface area contributed by atoms with Crippen molar-refractivity contribution >= 4 is 17.6 Å². The lowest BCUT2D eigenvalue weighted by atomic mass is 10.0. The van der Waals surface area contributed by atoms with Gasteiger partial charge in [-0.1, -0.05) is 5.16 Å². The number of aromatic nitrogens is 2. The molecular formula is C19H23F2N5O3. The van der Waals surface area contributed by atoms with Gasteiger partial charge < -0.3 is 25.2 Å². The summed E-state index contributed by atoms with van der Waals surface area (Å²) in [7, 11) is 0. The molecule has 4 rings (SSSR count). The van der Waals surface area contributed by atoms with E-state index >= 15 is 0 Å². The number of anilines is 2. The van der Waals surface area contributed by atoms with Gasteiger partial charge in [0.05, 0.1) is 30.9 Å². The fourth-order valence-electron chi connectivity index (χ4n) is 3.11. The Labute approximate surface area is 166 Å². The molecule has 3 N–H and O–H groups in total. The summed E-state index contributed by atoms with van der Waals surface area (Å²) in [5.41, 5.74) is 5.44. The Balaban J connectivity index is 1.53. The highest BCUT2D eigenvalue weighted by Gasteiger charge is 2.45. The summed E-state index contributed by atoms with van der Waals surface area (Å²) in [6.45, 7) is 3.23. The number of carbonyl (C=O) groups excluding carboxylic acids is 1. The zero-order valence-corrected chi connectivity index (χ0v) is 16.2. The predicted octanol–water partition coefficient (Wildman–Crippen LogP) is 2.56. The number of rotatable bonds is 7. The summed E-state index contributed by atoms with van der Waals surface area (Å²) in [6, 6.07) is 4.73. The molecule has 0 spiro atoms. The third-order valence-electron chi connectivity index (χ3n) is 5.01. The summed E-state index contributed by atoms with van der Waals surface area (Å²) in [6.07, 6.45) is 2.19. The van der Waals surface area contributed by atoms with Crippen molar-refractivity contribution < 1.29 is 22.8 Å². The number of carbonyl (C=O) groups is 1. The molecular weight excluding hydrogens is 384 g/mol. The second-order valence-electron chi connectivity index (χ2n) is 8.18. The van der Waals surface area contributed by atoms with Crippen molar-refractivity contribution in [1.29, 1.82) is 0 Å². The fraction of sp³-hybridized carbons (Fsp3) is 0.526. The molecule has 0 unspecified atom stereocenters. The summed E-state index contributed by atoms with van der Waals surface area (Å²) in [5, 5.41) is 6.58. The van der Waals surface area contributed by atoms with E-state index in [1.54, 1.807) is 36.9 Å². The van der Waals surface area contributed by atoms with Crippen LogP contribution in [0.15, 0.2) is 22.7 Å². The second-order valence-corrected chi connectivity index (χ2v) is 8.18. The minimum Gasteiger partial charge on any atom is -0.491 e. The second kappa shape index (κ2) is 6.85. The maximum Gasteiger partial charge on any atom is 0.318 e. The number of benzene rings is 1. The Bertz CT molecular complexity index is 918. The van der Waals surface area contributed by atoms with E-state index in [1.807, 2.05) is 0 Å². The summed E-state index contributed by atoms with van der Waals surface area (Å²) < 4.78 is 37.3. The van der Waals surface area contributed by atoms with Gasteiger partial charge in [-0.05, 0) is 50.8 Å². The summed E-state index contributed by atoms with van der Waals surface area (Å²) in [5.74, 6) is -1.91. The molecule has 1 amide bonds. The van der Waals surface area contributed by atoms with Crippen LogP contribution in [0.25, 0.3) is 0 Å². The first kappa shape index (κ1) is 19.4. The number of amides is 1. The van der Waals surface area contributed by atoms with Gasteiger partial charge >= 0.3 is 6.01 Å². The first-order valence-corrected chi connectivity index (χ1v) is 9.45. The van der Waals surface area contributed by atoms with E-state index in [9.17, 15) is 13.6 Å². The van der Waals surface area contributed by atoms with Gasteiger partial charge in [-0.3, -0.25) is 4.79 Å². The van der Waals surface area contributed by atoms with Crippen molar-refractivity contribution in [3.05, 3.63) is 29.6 Å². The van der Waals surface area contributed by atoms with E-state index in [-0.39, 0.29) is 30.8 Å². The number of hydrogen-bond donors (Lipinski definition) is 2. The molecule has 2 aliphatic rings. The standard InChI is InChI=1S/C19H23F2N5O3/c1-18(2,16-23-17(22)29-25-16)24-15(27)12-5-6-13(26-9-19(20,21)10-26)14(7-12)28-8-11-3-4-11/h5-7,11H,3-4,8-10H2,1-2H3,(H,24,27)(H2,22,23,25). The van der Waals surface area contributed by atoms with Crippen LogP contribution in [0.5, 0.6) is 5.75 Å². The van der Waals surface area contributed by atoms with Gasteiger partial charge in [0.1, 0.15) is 5.75 Å². The Kier molecular flexibility index (Phi) is 4.59. The smallest absolute Gasteiger partial charge is 0.318 e. The maximum atomic E-state index is 13.3. The summed E-state index contributed by atoms with van der Waals surface area (Å²) in [4.78, 5) is 18.3. The van der Waals surface area contributed by atoms with Crippen molar-refractivity contribution in [2.24, 2.45) is 5.92 Å². The Hall–Kier alpha value is -2.91. The number of ether oxygens (including phenoxy) is 1. The molecule has 1 saturated carbocycles. The largest absolute Gasteiger partial charge is 0.491 e. The molecule has 1 aliphatic heterocycles. The van der Waals surface area contributed by atoms with Crippen LogP contribution in [-0.4, -0.2) is 41.7 Å². The lowest BCUT2D eigenvalue weighted by molar-refractivity contribution is -0.0265. The Morgan fingerprint density at radius 3 is 2.72 bits per heavy atom. The van der Waals surface area contributed by atoms with E-state index in [2.05, 4.69) is 15.5 Å². The van der Waals surface area contributed by atoms with E-state index in [4.69, 9.17) is 15.0 Å². The first-order chi connectivity index (χ1) is 13.6. The zero-order chi connectivity index (χ0) is 20.8. The average Bonchev–Trinajstić information content (AvgIpc) is 3.35. The van der Waals surface area contributed by atoms with Gasteiger partial charge in [0.25, 0.3) is 11.8 Å². The molecule has 29 heavy (non-hydrogen) atoms. The number of nitrogens with one attached hydrogen (secondary N) is 1. The molecule has 2 heterocycles. The van der Waals surface area contributed by atoms with Gasteiger partial charge in [0.15, 0.2) is 5.82 Å². The molecule has 0 bridgehead atoms. The van der Waals surface area contributed by atoms with Crippen LogP contribution in [0.2, 0.25) is 0 Å². The number of hydrogen-bond acceptors (Lipinski definition) is 7. The van der Waals surface area contributed by atoms with Gasteiger partial charge in [-0.15, -0.1) is 0 Å². The quantitative estimate of drug-likeness (QED) is 0.726. The van der Waals surface area contributed by atoms with Crippen LogP contribution in [0, 0.1) is 5.92 Å². The van der Waals surface area contributed by atoms with Crippen LogP contribution in [0.1, 0.15) is 42.9 Å². The number of alkyl halides is 2. The highest BCUT2D eigenvalue weighted by molar-refractivity contribution is 5.95. The summed E-state index contributed by atoms with van der Waals surface area (Å²) >= 11 is 0. The highest BCUT2D eigenvalue weighted by Crippen LogP contribution is 2.39. The van der Waals surface area contributed by atoms with Crippen LogP contribution < -0.4 is 20.7 Å². The third-order valence-corrected chi connectivity index (χ3v) is 5.01. The van der Waals surface area contributed by atoms with Crippen LogP contribution in [-0.2, 0) is 5.54 Å². The molecule has 8 nitrogen and oxygen atoms in total. The van der Waals surface area contributed by atoms with Gasteiger partial charge in [0, 0.05) is 5.56 Å². The maximum absolute atomic E-state index is 13.3. The van der Waals surface area contributed by atoms with Crippen LogP contribution in [0.4, 0.5) is 20.5 Å². The molecule has 10 heteroatoms. The number of halogens is 2. The van der Waals surface area contributed by atoms with E-state index in [0.717, 1.165) is 12.8 Å². The van der Waals surface area contributed by atoms with E-state index < -0.39 is 11.5 Å². The van der Waals surface area contributed by atoms with Crippen molar-refractivity contribution in [2.45, 2.75) is 38.2 Å². The lowest BCUT2D eigenvalue weighted by Gasteiger charge is -2.41. The predicted molar refractivity (Wildman–Crippen MR) is 101 cm³/mol. The Morgan fingerprint density at radius 2 is 2.14 bits per heavy atom. The normalized spacial score (nSPS) is 18.3. The third kappa shape index (κ3) is 4.25. The van der Waals surface area contributed by atoms with Crippen molar-refractivity contribution in [2.75, 3.05) is 30.3 Å². The van der Waals surface area contributed by atoms with Gasteiger partial charge in [-0.2, -0.15) is 4.98 Å². The lowest BCUT2D eigenvalue weighted by Crippen LogP contribution is -2.56. The van der Waals surface area contributed by atoms with Crippen LogP contribution in [0.3, 0.4) is 0 Å². The van der Waals surface area contributed by atoms with Gasteiger partial charge in [-0.25, -0.2) is 8.78 Å². The van der Waals surface area contributed by atoms with Crippen molar-refractivity contribution in [3.8, 4) is 5.75 Å². The topological polar surface area (TPSA) is 107 Å². The number of nitrogens with zero attached hydrogens (tertiary/aromatic N) is 3. The molecule has 156 valence electrons. The number of nitrogens with two attached hydrogens (primary N) is 1. The van der Waals surface area contributed by atoms with Crippen molar-refractivity contribution in [3.63, 3.8) is 0 Å². The minimum absolute atomic E-state index is 0.0891. The molecule has 1 aromatic heterocycles. The fourth-order valence-corrected chi connectivity index (χ4v) is 3.11. The SMILES string of the molecule is CC(C)(NC(=O)c1ccc(N2CC(F)(F)C2)c(OCC2CC2)c1)c1noc(N)n1. The van der Waals surface area contributed by atoms with Gasteiger partial charge in [0.2, 0.25) is 0 Å². The van der Waals surface area contributed by atoms with Crippen LogP contribution >= 0.6 is 0 Å². The molecule has 1 aliphatic carbocycles. The average molecular weight is 407 g/mol.